The molecule has 106 valence electrons. The molecule has 5 nitrogen and oxygen atoms in total. The molecule has 0 saturated carbocycles. The molecule has 0 aliphatic carbocycles. The standard InChI is InChI=1S/C15H18N2O3/c18-14(19)2-1-11-4-8-17(9-5-11)15-12-6-10-20-13(12)3-7-16-15/h3,6-7,10-11H,1-2,4-5,8-9H2,(H,18,19). The SMILES string of the molecule is O=C(O)CCC1CCN(c2nccc3occc23)CC1. The Morgan fingerprint density at radius 3 is 2.95 bits per heavy atom. The molecule has 3 rings (SSSR count). The van der Waals surface area contributed by atoms with E-state index < -0.39 is 5.97 Å². The number of hydrogen-bond donors (Lipinski definition) is 1. The fraction of sp³-hybridized carbons (Fsp3) is 0.467. The maximum Gasteiger partial charge on any atom is 0.303 e. The third-order valence-electron chi connectivity index (χ3n) is 4.04. The average Bonchev–Trinajstić information content (AvgIpc) is 2.94. The van der Waals surface area contributed by atoms with Crippen molar-refractivity contribution in [3.8, 4) is 0 Å². The van der Waals surface area contributed by atoms with Crippen LogP contribution in [0.3, 0.4) is 0 Å². The van der Waals surface area contributed by atoms with E-state index in [-0.39, 0.29) is 6.42 Å². The van der Waals surface area contributed by atoms with Crippen molar-refractivity contribution in [2.75, 3.05) is 18.0 Å². The molecule has 0 amide bonds. The van der Waals surface area contributed by atoms with E-state index >= 15 is 0 Å². The molecule has 1 N–H and O–H groups in total. The Kier molecular flexibility index (Phi) is 3.58. The molecule has 1 aliphatic heterocycles. The van der Waals surface area contributed by atoms with Crippen LogP contribution < -0.4 is 4.90 Å². The van der Waals surface area contributed by atoms with Crippen molar-refractivity contribution in [3.05, 3.63) is 24.6 Å². The molecule has 0 spiro atoms. The van der Waals surface area contributed by atoms with Crippen LogP contribution in [-0.4, -0.2) is 29.1 Å². The summed E-state index contributed by atoms with van der Waals surface area (Å²) in [5, 5.41) is 9.79. The van der Waals surface area contributed by atoms with Crippen molar-refractivity contribution in [1.82, 2.24) is 4.98 Å². The first kappa shape index (κ1) is 13.0. The molecule has 1 aliphatic rings. The third-order valence-corrected chi connectivity index (χ3v) is 4.04. The van der Waals surface area contributed by atoms with E-state index in [1.54, 1.807) is 12.5 Å². The lowest BCUT2D eigenvalue weighted by Gasteiger charge is -2.32. The first-order chi connectivity index (χ1) is 9.74. The Bertz CT molecular complexity index is 600. The maximum absolute atomic E-state index is 10.6. The van der Waals surface area contributed by atoms with Crippen molar-refractivity contribution in [1.29, 1.82) is 0 Å². The van der Waals surface area contributed by atoms with Gasteiger partial charge in [0.1, 0.15) is 11.4 Å². The zero-order valence-corrected chi connectivity index (χ0v) is 11.3. The van der Waals surface area contributed by atoms with Gasteiger partial charge in [-0.3, -0.25) is 4.79 Å². The fourth-order valence-corrected chi connectivity index (χ4v) is 2.89. The number of aliphatic carboxylic acids is 1. The molecular weight excluding hydrogens is 256 g/mol. The molecule has 2 aromatic heterocycles. The summed E-state index contributed by atoms with van der Waals surface area (Å²) in [6, 6.07) is 3.83. The van der Waals surface area contributed by atoms with Crippen LogP contribution in [-0.2, 0) is 4.79 Å². The highest BCUT2D eigenvalue weighted by Gasteiger charge is 2.22. The summed E-state index contributed by atoms with van der Waals surface area (Å²) >= 11 is 0. The van der Waals surface area contributed by atoms with Gasteiger partial charge in [0.15, 0.2) is 0 Å². The van der Waals surface area contributed by atoms with Crippen LogP contribution in [0.1, 0.15) is 25.7 Å². The number of pyridine rings is 1. The highest BCUT2D eigenvalue weighted by Crippen LogP contribution is 2.30. The summed E-state index contributed by atoms with van der Waals surface area (Å²) in [6.07, 6.45) is 6.59. The summed E-state index contributed by atoms with van der Waals surface area (Å²) in [7, 11) is 0. The number of fused-ring (bicyclic) bond motifs is 1. The Morgan fingerprint density at radius 1 is 1.40 bits per heavy atom. The van der Waals surface area contributed by atoms with E-state index in [1.165, 1.54) is 0 Å². The number of carbonyl (C=O) groups is 1. The second-order valence-electron chi connectivity index (χ2n) is 5.33. The third kappa shape index (κ3) is 2.61. The van der Waals surface area contributed by atoms with E-state index in [4.69, 9.17) is 9.52 Å². The Balaban J connectivity index is 1.66. The van der Waals surface area contributed by atoms with Crippen LogP contribution in [0, 0.1) is 5.92 Å². The summed E-state index contributed by atoms with van der Waals surface area (Å²) in [6.45, 7) is 1.86. The average molecular weight is 274 g/mol. The number of piperidine rings is 1. The maximum atomic E-state index is 10.6. The molecule has 0 radical (unpaired) electrons. The molecule has 1 fully saturated rings. The van der Waals surface area contributed by atoms with Crippen LogP contribution in [0.15, 0.2) is 29.0 Å². The van der Waals surface area contributed by atoms with Crippen molar-refractivity contribution >= 4 is 22.8 Å². The quantitative estimate of drug-likeness (QED) is 0.928. The number of rotatable bonds is 4. The topological polar surface area (TPSA) is 66.6 Å². The molecule has 5 heteroatoms. The minimum Gasteiger partial charge on any atom is -0.481 e. The number of carboxylic acids is 1. The molecule has 20 heavy (non-hydrogen) atoms. The molecule has 2 aromatic rings. The molecule has 1 saturated heterocycles. The van der Waals surface area contributed by atoms with Crippen LogP contribution >= 0.6 is 0 Å². The zero-order chi connectivity index (χ0) is 13.9. The lowest BCUT2D eigenvalue weighted by molar-refractivity contribution is -0.137. The molecule has 3 heterocycles. The number of anilines is 1. The highest BCUT2D eigenvalue weighted by atomic mass is 16.4. The smallest absolute Gasteiger partial charge is 0.303 e. The summed E-state index contributed by atoms with van der Waals surface area (Å²) in [5.74, 6) is 0.802. The van der Waals surface area contributed by atoms with Crippen molar-refractivity contribution in [2.45, 2.75) is 25.7 Å². The van der Waals surface area contributed by atoms with Gasteiger partial charge in [-0.15, -0.1) is 0 Å². The second-order valence-corrected chi connectivity index (χ2v) is 5.33. The minimum atomic E-state index is -0.697. The normalized spacial score (nSPS) is 16.7. The molecule has 0 atom stereocenters. The predicted molar refractivity (Wildman–Crippen MR) is 75.8 cm³/mol. The number of furan rings is 1. The van der Waals surface area contributed by atoms with Gasteiger partial charge in [-0.1, -0.05) is 0 Å². The largest absolute Gasteiger partial charge is 0.481 e. The highest BCUT2D eigenvalue weighted by molar-refractivity contribution is 5.88. The van der Waals surface area contributed by atoms with Crippen LogP contribution in [0.2, 0.25) is 0 Å². The van der Waals surface area contributed by atoms with Crippen LogP contribution in [0.5, 0.6) is 0 Å². The Morgan fingerprint density at radius 2 is 2.20 bits per heavy atom. The number of hydrogen-bond acceptors (Lipinski definition) is 4. The Hall–Kier alpha value is -2.04. The molecule has 0 aromatic carbocycles. The van der Waals surface area contributed by atoms with Crippen molar-refractivity contribution < 1.29 is 14.3 Å². The van der Waals surface area contributed by atoms with Crippen LogP contribution in [0.4, 0.5) is 5.82 Å². The first-order valence-corrected chi connectivity index (χ1v) is 7.03. The number of aromatic nitrogens is 1. The van der Waals surface area contributed by atoms with Crippen LogP contribution in [0.25, 0.3) is 11.0 Å². The molecule has 0 unspecified atom stereocenters. The first-order valence-electron chi connectivity index (χ1n) is 7.03. The van der Waals surface area contributed by atoms with Gasteiger partial charge in [0, 0.05) is 25.7 Å². The fourth-order valence-electron chi connectivity index (χ4n) is 2.89. The van der Waals surface area contributed by atoms with Gasteiger partial charge in [0.25, 0.3) is 0 Å². The predicted octanol–water partition coefficient (Wildman–Crippen LogP) is 2.91. The molecular formula is C15H18N2O3. The van der Waals surface area contributed by atoms with E-state index in [9.17, 15) is 4.79 Å². The summed E-state index contributed by atoms with van der Waals surface area (Å²) in [5.41, 5.74) is 0.864. The molecule has 0 bridgehead atoms. The second kappa shape index (κ2) is 5.53. The van der Waals surface area contributed by atoms with Gasteiger partial charge in [0.2, 0.25) is 0 Å². The van der Waals surface area contributed by atoms with Crippen molar-refractivity contribution in [2.24, 2.45) is 5.92 Å². The minimum absolute atomic E-state index is 0.278. The lowest BCUT2D eigenvalue weighted by Crippen LogP contribution is -2.34. The van der Waals surface area contributed by atoms with Gasteiger partial charge in [-0.05, 0) is 37.3 Å². The summed E-state index contributed by atoms with van der Waals surface area (Å²) in [4.78, 5) is 17.4. The van der Waals surface area contributed by atoms with Crippen molar-refractivity contribution in [3.63, 3.8) is 0 Å². The van der Waals surface area contributed by atoms with Gasteiger partial charge < -0.3 is 14.4 Å². The number of carboxylic acid groups (broad SMARTS) is 1. The zero-order valence-electron chi connectivity index (χ0n) is 11.3. The Labute approximate surface area is 117 Å². The van der Waals surface area contributed by atoms with Gasteiger partial charge >= 0.3 is 5.97 Å². The monoisotopic (exact) mass is 274 g/mol. The number of nitrogens with zero attached hydrogens (tertiary/aromatic N) is 2. The van der Waals surface area contributed by atoms with E-state index in [0.717, 1.165) is 49.1 Å². The van der Waals surface area contributed by atoms with Gasteiger partial charge in [-0.25, -0.2) is 4.98 Å². The van der Waals surface area contributed by atoms with E-state index in [0.29, 0.717) is 5.92 Å². The lowest BCUT2D eigenvalue weighted by atomic mass is 9.92. The van der Waals surface area contributed by atoms with E-state index in [1.807, 2.05) is 12.1 Å². The van der Waals surface area contributed by atoms with E-state index in [2.05, 4.69) is 9.88 Å². The van der Waals surface area contributed by atoms with Gasteiger partial charge in [0.05, 0.1) is 11.6 Å². The summed E-state index contributed by atoms with van der Waals surface area (Å²) < 4.78 is 5.40. The van der Waals surface area contributed by atoms with Gasteiger partial charge in [-0.2, -0.15) is 0 Å².